The van der Waals surface area contributed by atoms with Gasteiger partial charge in [-0.05, 0) is 99.1 Å². The van der Waals surface area contributed by atoms with Gasteiger partial charge in [-0.25, -0.2) is 0 Å². The first kappa shape index (κ1) is 14.5. The van der Waals surface area contributed by atoms with Gasteiger partial charge >= 0.3 is 0 Å². The Morgan fingerprint density at radius 1 is 1.00 bits per heavy atom. The zero-order chi connectivity index (χ0) is 12.1. The molecule has 1 aromatic carbocycles. The molecule has 0 N–H and O–H groups in total. The summed E-state index contributed by atoms with van der Waals surface area (Å²) in [6, 6.07) is 5.89. The third-order valence-corrected chi connectivity index (χ3v) is 2.74. The van der Waals surface area contributed by atoms with E-state index in [2.05, 4.69) is 63.7 Å². The van der Waals surface area contributed by atoms with Crippen LogP contribution in [0.3, 0.4) is 0 Å². The minimum absolute atomic E-state index is 0.829. The first-order valence-electron chi connectivity index (χ1n) is 4.26. The van der Waals surface area contributed by atoms with Crippen LogP contribution in [0.25, 0.3) is 12.2 Å². The molecule has 0 saturated carbocycles. The molecule has 0 aromatic heterocycles. The van der Waals surface area contributed by atoms with E-state index in [1.165, 1.54) is 0 Å². The number of hydrogen-bond donors (Lipinski definition) is 0. The van der Waals surface area contributed by atoms with E-state index >= 15 is 0 Å². The second-order valence-corrected chi connectivity index (χ2v) is 8.41. The van der Waals surface area contributed by atoms with Gasteiger partial charge in [0, 0.05) is 0 Å². The van der Waals surface area contributed by atoms with Crippen LogP contribution in [0.15, 0.2) is 25.0 Å². The van der Waals surface area contributed by atoms with Crippen molar-refractivity contribution in [2.45, 2.75) is 0 Å². The van der Waals surface area contributed by atoms with Crippen LogP contribution < -0.4 is 4.74 Å². The Bertz CT molecular complexity index is 430. The Morgan fingerprint density at radius 2 is 1.56 bits per heavy atom. The molecule has 1 aromatic rings. The highest BCUT2D eigenvalue weighted by Crippen LogP contribution is 2.27. The number of hydrogen-bond acceptors (Lipinski definition) is 1. The summed E-state index contributed by atoms with van der Waals surface area (Å²) in [5, 5.41) is 0. The standard InChI is InChI=1S/C11H8Br4O/c1-16-9-3-2-7(5-10(12)13)8(4-9)6-11(14)15/h2-6H,1H3. The molecule has 0 spiro atoms. The zero-order valence-corrected chi connectivity index (χ0v) is 14.7. The lowest BCUT2D eigenvalue weighted by Crippen LogP contribution is -1.86. The number of ether oxygens (including phenoxy) is 1. The summed E-state index contributed by atoms with van der Waals surface area (Å²) < 4.78 is 6.97. The van der Waals surface area contributed by atoms with E-state index in [0.717, 1.165) is 23.7 Å². The third kappa shape index (κ3) is 4.73. The average molecular weight is 476 g/mol. The molecule has 1 nitrogen and oxygen atoms in total. The van der Waals surface area contributed by atoms with Crippen molar-refractivity contribution in [2.24, 2.45) is 0 Å². The van der Waals surface area contributed by atoms with E-state index in [4.69, 9.17) is 4.74 Å². The third-order valence-electron chi connectivity index (χ3n) is 1.82. The Labute approximate surface area is 128 Å². The predicted octanol–water partition coefficient (Wildman–Crippen LogP) is 5.87. The second-order valence-electron chi connectivity index (χ2n) is 2.86. The molecule has 1 rings (SSSR count). The maximum absolute atomic E-state index is 5.19. The van der Waals surface area contributed by atoms with Gasteiger partial charge in [0.05, 0.1) is 13.9 Å². The summed E-state index contributed by atoms with van der Waals surface area (Å²) in [5.41, 5.74) is 2.14. The number of rotatable bonds is 3. The normalized spacial score (nSPS) is 9.56. The fourth-order valence-electron chi connectivity index (χ4n) is 1.17. The molecule has 5 heteroatoms. The molecule has 0 aliphatic carbocycles. The van der Waals surface area contributed by atoms with Gasteiger partial charge in [0.1, 0.15) is 5.75 Å². The molecule has 0 unspecified atom stereocenters. The largest absolute Gasteiger partial charge is 0.497 e. The molecule has 16 heavy (non-hydrogen) atoms. The zero-order valence-electron chi connectivity index (χ0n) is 8.31. The highest BCUT2D eigenvalue weighted by molar-refractivity contribution is 9.28. The highest BCUT2D eigenvalue weighted by Gasteiger charge is 2.01. The summed E-state index contributed by atoms with van der Waals surface area (Å²) in [6.07, 6.45) is 3.95. The van der Waals surface area contributed by atoms with Crippen LogP contribution in [-0.2, 0) is 0 Å². The Hall–Kier alpha value is 0.420. The Kier molecular flexibility index (Phi) is 6.32. The van der Waals surface area contributed by atoms with Crippen LogP contribution >= 0.6 is 63.7 Å². The van der Waals surface area contributed by atoms with Crippen LogP contribution in [0.4, 0.5) is 0 Å². The van der Waals surface area contributed by atoms with Gasteiger partial charge in [0.25, 0.3) is 0 Å². The number of methoxy groups -OCH3 is 1. The molecule has 0 amide bonds. The Balaban J connectivity index is 3.27. The van der Waals surface area contributed by atoms with Crippen molar-refractivity contribution in [3.8, 4) is 5.75 Å². The lowest BCUT2D eigenvalue weighted by Gasteiger charge is -2.05. The van der Waals surface area contributed by atoms with Crippen LogP contribution in [-0.4, -0.2) is 7.11 Å². The minimum Gasteiger partial charge on any atom is -0.497 e. The van der Waals surface area contributed by atoms with Crippen LogP contribution in [0.5, 0.6) is 5.75 Å². The van der Waals surface area contributed by atoms with Crippen molar-refractivity contribution in [1.29, 1.82) is 0 Å². The van der Waals surface area contributed by atoms with E-state index in [1.54, 1.807) is 7.11 Å². The van der Waals surface area contributed by atoms with Gasteiger partial charge in [-0.3, -0.25) is 0 Å². The van der Waals surface area contributed by atoms with Gasteiger partial charge in [-0.15, -0.1) is 0 Å². The summed E-state index contributed by atoms with van der Waals surface area (Å²) >= 11 is 13.4. The SMILES string of the molecule is COc1ccc(C=C(Br)Br)c(C=C(Br)Br)c1. The fraction of sp³-hybridized carbons (Fsp3) is 0.0909. The lowest BCUT2D eigenvalue weighted by molar-refractivity contribution is 0.414. The quantitative estimate of drug-likeness (QED) is 0.531. The molecule has 86 valence electrons. The maximum Gasteiger partial charge on any atom is 0.119 e. The highest BCUT2D eigenvalue weighted by atomic mass is 79.9. The maximum atomic E-state index is 5.19. The first-order valence-corrected chi connectivity index (χ1v) is 7.43. The molecule has 0 bridgehead atoms. The topological polar surface area (TPSA) is 9.23 Å². The minimum atomic E-state index is 0.829. The second kappa shape index (κ2) is 6.99. The van der Waals surface area contributed by atoms with Crippen molar-refractivity contribution in [2.75, 3.05) is 7.11 Å². The van der Waals surface area contributed by atoms with Crippen molar-refractivity contribution in [3.63, 3.8) is 0 Å². The number of halogens is 4. The fourth-order valence-corrected chi connectivity index (χ4v) is 2.16. The predicted molar refractivity (Wildman–Crippen MR) is 84.7 cm³/mol. The van der Waals surface area contributed by atoms with Crippen LogP contribution in [0.2, 0.25) is 0 Å². The Morgan fingerprint density at radius 3 is 2.06 bits per heavy atom. The summed E-state index contributed by atoms with van der Waals surface area (Å²) in [7, 11) is 1.65. The van der Waals surface area contributed by atoms with Gasteiger partial charge in [0.2, 0.25) is 0 Å². The van der Waals surface area contributed by atoms with Crippen LogP contribution in [0.1, 0.15) is 11.1 Å². The van der Waals surface area contributed by atoms with E-state index in [-0.39, 0.29) is 0 Å². The molecule has 0 saturated heterocycles. The summed E-state index contributed by atoms with van der Waals surface area (Å²) in [4.78, 5) is 0. The summed E-state index contributed by atoms with van der Waals surface area (Å²) in [5.74, 6) is 0.829. The van der Waals surface area contributed by atoms with Gasteiger partial charge in [-0.1, -0.05) is 6.07 Å². The van der Waals surface area contributed by atoms with Crippen molar-refractivity contribution < 1.29 is 4.74 Å². The monoisotopic (exact) mass is 472 g/mol. The molecular formula is C11H8Br4O. The molecule has 0 radical (unpaired) electrons. The van der Waals surface area contributed by atoms with Crippen LogP contribution in [0, 0.1) is 0 Å². The van der Waals surface area contributed by atoms with Gasteiger partial charge < -0.3 is 4.74 Å². The lowest BCUT2D eigenvalue weighted by atomic mass is 10.1. The van der Waals surface area contributed by atoms with Gasteiger partial charge in [-0.2, -0.15) is 0 Å². The van der Waals surface area contributed by atoms with Crippen molar-refractivity contribution >= 4 is 75.9 Å². The molecule has 0 heterocycles. The van der Waals surface area contributed by atoms with Crippen molar-refractivity contribution in [1.82, 2.24) is 0 Å². The van der Waals surface area contributed by atoms with Crippen molar-refractivity contribution in [3.05, 3.63) is 36.1 Å². The smallest absolute Gasteiger partial charge is 0.119 e. The van der Waals surface area contributed by atoms with E-state index in [9.17, 15) is 0 Å². The van der Waals surface area contributed by atoms with E-state index in [1.807, 2.05) is 30.4 Å². The molecule has 0 fully saturated rings. The van der Waals surface area contributed by atoms with E-state index in [0.29, 0.717) is 0 Å². The average Bonchev–Trinajstić information content (AvgIpc) is 2.19. The summed E-state index contributed by atoms with van der Waals surface area (Å²) in [6.45, 7) is 0. The molecule has 0 atom stereocenters. The van der Waals surface area contributed by atoms with E-state index < -0.39 is 0 Å². The molecular weight excluding hydrogens is 468 g/mol. The first-order chi connectivity index (χ1) is 7.52. The molecule has 0 aliphatic rings. The number of benzene rings is 1. The van der Waals surface area contributed by atoms with Gasteiger partial charge in [0.15, 0.2) is 0 Å². The molecule has 0 aliphatic heterocycles.